The molecule has 3 heteroatoms. The summed E-state index contributed by atoms with van der Waals surface area (Å²) in [4.78, 5) is 0. The Hall–Kier alpha value is -1.22. The number of aryl methyl sites for hydroxylation is 1. The van der Waals surface area contributed by atoms with Gasteiger partial charge in [0, 0.05) is 6.04 Å². The zero-order valence-corrected chi connectivity index (χ0v) is 11.7. The molecule has 1 aliphatic carbocycles. The van der Waals surface area contributed by atoms with Crippen LogP contribution in [0, 0.1) is 6.92 Å². The first-order valence-electron chi connectivity index (χ1n) is 6.65. The molecule has 18 heavy (non-hydrogen) atoms. The van der Waals surface area contributed by atoms with Gasteiger partial charge in [-0.15, -0.1) is 0 Å². The average molecular weight is 249 g/mol. The van der Waals surface area contributed by atoms with Crippen molar-refractivity contribution in [2.45, 2.75) is 38.6 Å². The lowest BCUT2D eigenvalue weighted by molar-refractivity contribution is 0.293. The Morgan fingerprint density at radius 2 is 1.78 bits per heavy atom. The molecular weight excluding hydrogens is 226 g/mol. The molecule has 1 aromatic rings. The first kappa shape index (κ1) is 13.2. The molecular formula is C15H23NO2. The Labute approximate surface area is 109 Å². The average Bonchev–Trinajstić information content (AvgIpc) is 2.33. The molecule has 0 saturated heterocycles. The van der Waals surface area contributed by atoms with E-state index in [0.29, 0.717) is 12.0 Å². The van der Waals surface area contributed by atoms with E-state index in [4.69, 9.17) is 9.47 Å². The van der Waals surface area contributed by atoms with E-state index >= 15 is 0 Å². The molecule has 0 amide bonds. The third-order valence-electron chi connectivity index (χ3n) is 3.84. The van der Waals surface area contributed by atoms with Crippen molar-refractivity contribution >= 4 is 0 Å². The highest BCUT2D eigenvalue weighted by atomic mass is 16.5. The van der Waals surface area contributed by atoms with Gasteiger partial charge in [-0.3, -0.25) is 0 Å². The van der Waals surface area contributed by atoms with E-state index in [9.17, 15) is 0 Å². The molecule has 1 aliphatic rings. The first-order valence-corrected chi connectivity index (χ1v) is 6.65. The van der Waals surface area contributed by atoms with Gasteiger partial charge in [0.15, 0.2) is 11.5 Å². The summed E-state index contributed by atoms with van der Waals surface area (Å²) in [7, 11) is 3.38. The lowest BCUT2D eigenvalue weighted by Gasteiger charge is -2.37. The van der Waals surface area contributed by atoms with Crippen molar-refractivity contribution in [3.05, 3.63) is 23.3 Å². The van der Waals surface area contributed by atoms with Crippen LogP contribution >= 0.6 is 0 Å². The van der Waals surface area contributed by atoms with Crippen molar-refractivity contribution in [1.29, 1.82) is 0 Å². The largest absolute Gasteiger partial charge is 0.493 e. The van der Waals surface area contributed by atoms with Gasteiger partial charge in [0.1, 0.15) is 0 Å². The van der Waals surface area contributed by atoms with Crippen LogP contribution in [0.15, 0.2) is 12.1 Å². The van der Waals surface area contributed by atoms with Gasteiger partial charge in [0.25, 0.3) is 0 Å². The summed E-state index contributed by atoms with van der Waals surface area (Å²) in [6.07, 6.45) is 2.45. The fourth-order valence-electron chi connectivity index (χ4n) is 2.76. The van der Waals surface area contributed by atoms with Crippen LogP contribution in [0.5, 0.6) is 11.5 Å². The molecule has 0 radical (unpaired) electrons. The highest BCUT2D eigenvalue weighted by molar-refractivity contribution is 5.48. The predicted molar refractivity (Wildman–Crippen MR) is 73.7 cm³/mol. The molecule has 1 N–H and O–H groups in total. The van der Waals surface area contributed by atoms with Crippen LogP contribution in [0.3, 0.4) is 0 Å². The maximum Gasteiger partial charge on any atom is 0.161 e. The van der Waals surface area contributed by atoms with E-state index in [1.165, 1.54) is 24.0 Å². The molecule has 0 aromatic heterocycles. The molecule has 3 nitrogen and oxygen atoms in total. The van der Waals surface area contributed by atoms with Crippen LogP contribution in [-0.4, -0.2) is 26.8 Å². The van der Waals surface area contributed by atoms with E-state index in [-0.39, 0.29) is 0 Å². The van der Waals surface area contributed by atoms with Gasteiger partial charge in [-0.05, 0) is 55.5 Å². The Bertz CT molecular complexity index is 411. The summed E-state index contributed by atoms with van der Waals surface area (Å²) in [6.45, 7) is 5.37. The molecule has 2 rings (SSSR count). The second-order valence-corrected chi connectivity index (χ2v) is 4.99. The molecule has 0 bridgehead atoms. The standard InChI is InChI=1S/C15H23NO2/c1-5-16-12-7-11(8-12)13-9-15(18-4)14(17-3)6-10(13)2/h6,9,11-12,16H,5,7-8H2,1-4H3. The number of hydrogen-bond acceptors (Lipinski definition) is 3. The van der Waals surface area contributed by atoms with E-state index < -0.39 is 0 Å². The van der Waals surface area contributed by atoms with Gasteiger partial charge >= 0.3 is 0 Å². The predicted octanol–water partition coefficient (Wildman–Crippen LogP) is 2.87. The second kappa shape index (κ2) is 5.61. The fourth-order valence-corrected chi connectivity index (χ4v) is 2.76. The number of rotatable bonds is 5. The van der Waals surface area contributed by atoms with Crippen molar-refractivity contribution in [1.82, 2.24) is 5.32 Å². The van der Waals surface area contributed by atoms with E-state index in [1.54, 1.807) is 14.2 Å². The van der Waals surface area contributed by atoms with Gasteiger partial charge in [0.2, 0.25) is 0 Å². The van der Waals surface area contributed by atoms with E-state index in [1.807, 2.05) is 0 Å². The molecule has 1 saturated carbocycles. The smallest absolute Gasteiger partial charge is 0.161 e. The van der Waals surface area contributed by atoms with E-state index in [0.717, 1.165) is 18.0 Å². The minimum absolute atomic E-state index is 0.661. The Morgan fingerprint density at radius 3 is 2.33 bits per heavy atom. The maximum absolute atomic E-state index is 5.38. The summed E-state index contributed by atoms with van der Waals surface area (Å²) in [5.74, 6) is 2.32. The van der Waals surface area contributed by atoms with Crippen molar-refractivity contribution < 1.29 is 9.47 Å². The van der Waals surface area contributed by atoms with Crippen LogP contribution in [0.25, 0.3) is 0 Å². The number of nitrogens with one attached hydrogen (secondary N) is 1. The van der Waals surface area contributed by atoms with Crippen molar-refractivity contribution in [3.8, 4) is 11.5 Å². The molecule has 0 aliphatic heterocycles. The molecule has 100 valence electrons. The molecule has 1 aromatic carbocycles. The highest BCUT2D eigenvalue weighted by Gasteiger charge is 2.31. The lowest BCUT2D eigenvalue weighted by Crippen LogP contribution is -2.40. The van der Waals surface area contributed by atoms with E-state index in [2.05, 4.69) is 31.3 Å². The highest BCUT2D eigenvalue weighted by Crippen LogP contribution is 2.42. The number of ether oxygens (including phenoxy) is 2. The summed E-state index contributed by atoms with van der Waals surface area (Å²) >= 11 is 0. The molecule has 0 unspecified atom stereocenters. The van der Waals surface area contributed by atoms with Crippen molar-refractivity contribution in [2.24, 2.45) is 0 Å². The number of methoxy groups -OCH3 is 2. The quantitative estimate of drug-likeness (QED) is 0.870. The summed E-state index contributed by atoms with van der Waals surface area (Å²) in [5, 5.41) is 3.50. The molecule has 0 heterocycles. The van der Waals surface area contributed by atoms with Gasteiger partial charge < -0.3 is 14.8 Å². The third kappa shape index (κ3) is 2.46. The third-order valence-corrected chi connectivity index (χ3v) is 3.84. The Morgan fingerprint density at radius 1 is 1.17 bits per heavy atom. The lowest BCUT2D eigenvalue weighted by atomic mass is 9.74. The van der Waals surface area contributed by atoms with Crippen molar-refractivity contribution in [2.75, 3.05) is 20.8 Å². The summed E-state index contributed by atoms with van der Waals surface area (Å²) < 4.78 is 10.7. The Kier molecular flexibility index (Phi) is 4.12. The molecule has 0 spiro atoms. The number of hydrogen-bond donors (Lipinski definition) is 1. The second-order valence-electron chi connectivity index (χ2n) is 4.99. The minimum Gasteiger partial charge on any atom is -0.493 e. The fraction of sp³-hybridized carbons (Fsp3) is 0.600. The number of benzene rings is 1. The summed E-state index contributed by atoms with van der Waals surface area (Å²) in [5.41, 5.74) is 2.70. The van der Waals surface area contributed by atoms with Crippen molar-refractivity contribution in [3.63, 3.8) is 0 Å². The van der Waals surface area contributed by atoms with Crippen LogP contribution in [-0.2, 0) is 0 Å². The maximum atomic E-state index is 5.38. The van der Waals surface area contributed by atoms with Crippen LogP contribution < -0.4 is 14.8 Å². The van der Waals surface area contributed by atoms with Crippen LogP contribution in [0.1, 0.15) is 36.8 Å². The summed E-state index contributed by atoms with van der Waals surface area (Å²) in [6, 6.07) is 4.91. The zero-order chi connectivity index (χ0) is 13.1. The normalized spacial score (nSPS) is 22.4. The topological polar surface area (TPSA) is 30.5 Å². The van der Waals surface area contributed by atoms with Gasteiger partial charge in [0.05, 0.1) is 14.2 Å². The van der Waals surface area contributed by atoms with Crippen LogP contribution in [0.4, 0.5) is 0 Å². The van der Waals surface area contributed by atoms with Gasteiger partial charge in [-0.1, -0.05) is 6.92 Å². The SMILES string of the molecule is CCNC1CC(c2cc(OC)c(OC)cc2C)C1. The molecule has 1 fully saturated rings. The first-order chi connectivity index (χ1) is 8.69. The van der Waals surface area contributed by atoms with Gasteiger partial charge in [-0.25, -0.2) is 0 Å². The minimum atomic E-state index is 0.661. The Balaban J connectivity index is 2.14. The van der Waals surface area contributed by atoms with Crippen LogP contribution in [0.2, 0.25) is 0 Å². The molecule has 0 atom stereocenters. The van der Waals surface area contributed by atoms with Gasteiger partial charge in [-0.2, -0.15) is 0 Å². The monoisotopic (exact) mass is 249 g/mol. The zero-order valence-electron chi connectivity index (χ0n) is 11.7.